The number of fused-ring (bicyclic) bond motifs is 3. The van der Waals surface area contributed by atoms with E-state index in [2.05, 4.69) is 23.0 Å². The molecule has 0 unspecified atom stereocenters. The molecule has 1 aliphatic heterocycles. The van der Waals surface area contributed by atoms with Gasteiger partial charge in [-0.25, -0.2) is 4.98 Å². The number of piperazine rings is 1. The highest BCUT2D eigenvalue weighted by Gasteiger charge is 2.26. The Kier molecular flexibility index (Phi) is 5.22. The maximum absolute atomic E-state index is 12.0. The maximum Gasteiger partial charge on any atom is 0.246 e. The largest absolute Gasteiger partial charge is 0.454 e. The van der Waals surface area contributed by atoms with Crippen LogP contribution in [0.2, 0.25) is 5.02 Å². The summed E-state index contributed by atoms with van der Waals surface area (Å²) >= 11 is 6.58. The van der Waals surface area contributed by atoms with Crippen LogP contribution in [0.5, 0.6) is 0 Å². The summed E-state index contributed by atoms with van der Waals surface area (Å²) in [6.45, 7) is 9.62. The van der Waals surface area contributed by atoms with Gasteiger partial charge in [0.25, 0.3) is 0 Å². The standard InChI is InChI=1S/C22H21ClN4O3/c1-4-14-10-15-17(23)11-16-20(22(15)30-14)24-12-18(25(3)13-28)21(16)27-8-6-26(7-9-27)19(29)5-2/h4-5,10-13H,1-2,6-9H2,3H3. The number of furan rings is 1. The lowest BCUT2D eigenvalue weighted by Crippen LogP contribution is -2.48. The molecule has 1 saturated heterocycles. The highest BCUT2D eigenvalue weighted by Crippen LogP contribution is 2.41. The predicted molar refractivity (Wildman–Crippen MR) is 120 cm³/mol. The Morgan fingerprint density at radius 3 is 2.60 bits per heavy atom. The first kappa shape index (κ1) is 20.0. The highest BCUT2D eigenvalue weighted by atomic mass is 35.5. The lowest BCUT2D eigenvalue weighted by atomic mass is 10.1. The first-order valence-corrected chi connectivity index (χ1v) is 9.88. The number of anilines is 2. The van der Waals surface area contributed by atoms with Crippen molar-refractivity contribution in [2.75, 3.05) is 43.0 Å². The van der Waals surface area contributed by atoms with Gasteiger partial charge in [0.1, 0.15) is 11.3 Å². The van der Waals surface area contributed by atoms with Gasteiger partial charge in [-0.3, -0.25) is 9.59 Å². The number of halogens is 1. The molecular weight excluding hydrogens is 404 g/mol. The van der Waals surface area contributed by atoms with Gasteiger partial charge in [0.15, 0.2) is 5.58 Å². The molecule has 3 heterocycles. The Morgan fingerprint density at radius 2 is 1.97 bits per heavy atom. The molecule has 2 amide bonds. The number of hydrogen-bond donors (Lipinski definition) is 0. The molecule has 0 saturated carbocycles. The molecule has 0 N–H and O–H groups in total. The van der Waals surface area contributed by atoms with E-state index in [1.807, 2.05) is 12.1 Å². The van der Waals surface area contributed by atoms with Crippen molar-refractivity contribution in [2.24, 2.45) is 0 Å². The normalized spacial score (nSPS) is 14.2. The molecule has 0 aliphatic carbocycles. The third-order valence-electron chi connectivity index (χ3n) is 5.38. The number of carbonyl (C=O) groups excluding carboxylic acids is 2. The van der Waals surface area contributed by atoms with Gasteiger partial charge in [0, 0.05) is 44.0 Å². The molecule has 4 rings (SSSR count). The lowest BCUT2D eigenvalue weighted by molar-refractivity contribution is -0.126. The Labute approximate surface area is 178 Å². The Bertz CT molecular complexity index is 1180. The molecule has 0 bridgehead atoms. The fourth-order valence-electron chi connectivity index (χ4n) is 3.82. The minimum Gasteiger partial charge on any atom is -0.454 e. The lowest BCUT2D eigenvalue weighted by Gasteiger charge is -2.37. The van der Waals surface area contributed by atoms with E-state index < -0.39 is 0 Å². The van der Waals surface area contributed by atoms with Crippen molar-refractivity contribution in [3.8, 4) is 0 Å². The SMILES string of the molecule is C=CC(=O)N1CCN(c2c(N(C)C=O)cnc3c2cc(Cl)c2cc(C=C)oc23)CC1. The molecular formula is C22H21ClN4O3. The van der Waals surface area contributed by atoms with Crippen LogP contribution in [0, 0.1) is 0 Å². The summed E-state index contributed by atoms with van der Waals surface area (Å²) < 4.78 is 5.91. The summed E-state index contributed by atoms with van der Waals surface area (Å²) in [5.74, 6) is 0.519. The summed E-state index contributed by atoms with van der Waals surface area (Å²) in [5.41, 5.74) is 2.73. The number of benzene rings is 1. The minimum absolute atomic E-state index is 0.0863. The van der Waals surface area contributed by atoms with Gasteiger partial charge in [-0.2, -0.15) is 0 Å². The van der Waals surface area contributed by atoms with E-state index in [1.165, 1.54) is 11.0 Å². The highest BCUT2D eigenvalue weighted by molar-refractivity contribution is 6.37. The number of pyridine rings is 1. The number of amides is 2. The average Bonchev–Trinajstić information content (AvgIpc) is 3.23. The van der Waals surface area contributed by atoms with Crippen LogP contribution in [0.4, 0.5) is 11.4 Å². The van der Waals surface area contributed by atoms with Crippen LogP contribution >= 0.6 is 11.6 Å². The van der Waals surface area contributed by atoms with Gasteiger partial charge >= 0.3 is 0 Å². The quantitative estimate of drug-likeness (QED) is 0.461. The van der Waals surface area contributed by atoms with Crippen molar-refractivity contribution in [2.45, 2.75) is 0 Å². The van der Waals surface area contributed by atoms with Crippen LogP contribution in [0.1, 0.15) is 5.76 Å². The number of aromatic nitrogens is 1. The predicted octanol–water partition coefficient (Wildman–Crippen LogP) is 3.70. The number of carbonyl (C=O) groups is 2. The Balaban J connectivity index is 1.90. The first-order valence-electron chi connectivity index (χ1n) is 9.50. The zero-order chi connectivity index (χ0) is 21.4. The third kappa shape index (κ3) is 3.21. The third-order valence-corrected chi connectivity index (χ3v) is 5.70. The van der Waals surface area contributed by atoms with E-state index in [0.29, 0.717) is 53.7 Å². The first-order chi connectivity index (χ1) is 14.5. The monoisotopic (exact) mass is 424 g/mol. The van der Waals surface area contributed by atoms with Gasteiger partial charge in [0.05, 0.1) is 22.6 Å². The van der Waals surface area contributed by atoms with Crippen molar-refractivity contribution in [3.05, 3.63) is 48.3 Å². The van der Waals surface area contributed by atoms with E-state index in [4.69, 9.17) is 16.0 Å². The molecule has 1 fully saturated rings. The molecule has 8 heteroatoms. The van der Waals surface area contributed by atoms with Gasteiger partial charge in [-0.15, -0.1) is 0 Å². The molecule has 0 spiro atoms. The average molecular weight is 425 g/mol. The molecule has 0 radical (unpaired) electrons. The second-order valence-corrected chi connectivity index (χ2v) is 7.48. The second kappa shape index (κ2) is 7.84. The molecule has 154 valence electrons. The molecule has 30 heavy (non-hydrogen) atoms. The smallest absolute Gasteiger partial charge is 0.246 e. The van der Waals surface area contributed by atoms with Crippen molar-refractivity contribution >= 4 is 63.2 Å². The van der Waals surface area contributed by atoms with Crippen LogP contribution in [0.25, 0.3) is 27.9 Å². The van der Waals surface area contributed by atoms with Gasteiger partial charge in [-0.05, 0) is 24.3 Å². The van der Waals surface area contributed by atoms with E-state index >= 15 is 0 Å². The summed E-state index contributed by atoms with van der Waals surface area (Å²) in [7, 11) is 1.68. The van der Waals surface area contributed by atoms with E-state index in [0.717, 1.165) is 22.9 Å². The van der Waals surface area contributed by atoms with Crippen molar-refractivity contribution in [1.29, 1.82) is 0 Å². The van der Waals surface area contributed by atoms with Crippen LogP contribution in [0.15, 0.2) is 42.0 Å². The molecule has 7 nitrogen and oxygen atoms in total. The van der Waals surface area contributed by atoms with E-state index in [-0.39, 0.29) is 5.91 Å². The van der Waals surface area contributed by atoms with Crippen molar-refractivity contribution < 1.29 is 14.0 Å². The minimum atomic E-state index is -0.0863. The summed E-state index contributed by atoms with van der Waals surface area (Å²) in [4.78, 5) is 33.5. The fraction of sp³-hybridized carbons (Fsp3) is 0.227. The Morgan fingerprint density at radius 1 is 1.23 bits per heavy atom. The summed E-state index contributed by atoms with van der Waals surface area (Å²) in [6, 6.07) is 3.68. The molecule has 0 atom stereocenters. The second-order valence-electron chi connectivity index (χ2n) is 7.08. The van der Waals surface area contributed by atoms with Crippen molar-refractivity contribution in [1.82, 2.24) is 9.88 Å². The maximum atomic E-state index is 12.0. The number of hydrogen-bond acceptors (Lipinski definition) is 5. The van der Waals surface area contributed by atoms with E-state index in [9.17, 15) is 9.59 Å². The Hall–Kier alpha value is -3.32. The van der Waals surface area contributed by atoms with Gasteiger partial charge in [0.2, 0.25) is 12.3 Å². The number of nitrogens with zero attached hydrogens (tertiary/aromatic N) is 4. The van der Waals surface area contributed by atoms with E-state index in [1.54, 1.807) is 24.2 Å². The molecule has 3 aromatic rings. The zero-order valence-electron chi connectivity index (χ0n) is 16.6. The van der Waals surface area contributed by atoms with Crippen LogP contribution < -0.4 is 9.80 Å². The molecule has 1 aromatic carbocycles. The zero-order valence-corrected chi connectivity index (χ0v) is 17.4. The summed E-state index contributed by atoms with van der Waals surface area (Å²) in [5, 5.41) is 2.08. The van der Waals surface area contributed by atoms with Crippen LogP contribution in [-0.4, -0.2) is 55.4 Å². The molecule has 1 aliphatic rings. The van der Waals surface area contributed by atoms with Gasteiger partial charge in [-0.1, -0.05) is 24.8 Å². The van der Waals surface area contributed by atoms with Crippen LogP contribution in [-0.2, 0) is 9.59 Å². The molecule has 2 aromatic heterocycles. The summed E-state index contributed by atoms with van der Waals surface area (Å²) in [6.07, 6.45) is 5.35. The van der Waals surface area contributed by atoms with Crippen LogP contribution in [0.3, 0.4) is 0 Å². The topological polar surface area (TPSA) is 69.9 Å². The fourth-order valence-corrected chi connectivity index (χ4v) is 4.07. The van der Waals surface area contributed by atoms with Crippen molar-refractivity contribution in [3.63, 3.8) is 0 Å². The number of rotatable bonds is 5. The van der Waals surface area contributed by atoms with Gasteiger partial charge < -0.3 is 19.1 Å².